The Morgan fingerprint density at radius 2 is 2.08 bits per heavy atom. The van der Waals surface area contributed by atoms with Crippen LogP contribution in [0.2, 0.25) is 0 Å². The summed E-state index contributed by atoms with van der Waals surface area (Å²) in [6.07, 6.45) is -0.796. The molecule has 76 valence electrons. The van der Waals surface area contributed by atoms with Gasteiger partial charge >= 0.3 is 6.09 Å². The van der Waals surface area contributed by atoms with Crippen LogP contribution in [0.1, 0.15) is 20.8 Å². The van der Waals surface area contributed by atoms with Gasteiger partial charge in [-0.15, -0.1) is 0 Å². The number of rotatable bonds is 1. The summed E-state index contributed by atoms with van der Waals surface area (Å²) >= 11 is 0. The van der Waals surface area contributed by atoms with E-state index < -0.39 is 6.09 Å². The van der Waals surface area contributed by atoms with E-state index in [9.17, 15) is 4.79 Å². The SMILES string of the molecule is CC(C)N1CCN(C(=O)O)CC1C. The van der Waals surface area contributed by atoms with Crippen LogP contribution in [0.15, 0.2) is 0 Å². The maximum Gasteiger partial charge on any atom is 0.407 e. The first-order chi connectivity index (χ1) is 6.02. The number of amides is 1. The highest BCUT2D eigenvalue weighted by Gasteiger charge is 2.27. The number of carboxylic acid groups (broad SMARTS) is 1. The van der Waals surface area contributed by atoms with E-state index in [1.807, 2.05) is 0 Å². The van der Waals surface area contributed by atoms with Crippen molar-refractivity contribution in [3.05, 3.63) is 0 Å². The minimum Gasteiger partial charge on any atom is -0.465 e. The molecule has 0 spiro atoms. The molecule has 1 aliphatic heterocycles. The van der Waals surface area contributed by atoms with Crippen LogP contribution in [0.25, 0.3) is 0 Å². The molecule has 1 amide bonds. The molecule has 1 aliphatic rings. The van der Waals surface area contributed by atoms with Crippen molar-refractivity contribution in [3.8, 4) is 0 Å². The Labute approximate surface area is 79.1 Å². The third-order valence-electron chi connectivity index (χ3n) is 2.61. The molecule has 0 radical (unpaired) electrons. The molecule has 4 heteroatoms. The van der Waals surface area contributed by atoms with Gasteiger partial charge in [0.05, 0.1) is 0 Å². The van der Waals surface area contributed by atoms with Crippen molar-refractivity contribution in [1.29, 1.82) is 0 Å². The fraction of sp³-hybridized carbons (Fsp3) is 0.889. The van der Waals surface area contributed by atoms with Crippen LogP contribution in [0.3, 0.4) is 0 Å². The first-order valence-electron chi connectivity index (χ1n) is 4.76. The van der Waals surface area contributed by atoms with Crippen molar-refractivity contribution >= 4 is 6.09 Å². The number of nitrogens with zero attached hydrogens (tertiary/aromatic N) is 2. The van der Waals surface area contributed by atoms with E-state index in [1.165, 1.54) is 4.90 Å². The average Bonchev–Trinajstić information content (AvgIpc) is 2.03. The molecule has 1 N–H and O–H groups in total. The summed E-state index contributed by atoms with van der Waals surface area (Å²) in [6, 6.07) is 0.843. The van der Waals surface area contributed by atoms with Crippen molar-refractivity contribution in [3.63, 3.8) is 0 Å². The van der Waals surface area contributed by atoms with Crippen molar-refractivity contribution < 1.29 is 9.90 Å². The monoisotopic (exact) mass is 186 g/mol. The molecule has 1 fully saturated rings. The first kappa shape index (κ1) is 10.3. The third kappa shape index (κ3) is 2.34. The highest BCUT2D eigenvalue weighted by molar-refractivity contribution is 5.65. The molecule has 0 aromatic heterocycles. The summed E-state index contributed by atoms with van der Waals surface area (Å²) < 4.78 is 0. The van der Waals surface area contributed by atoms with Gasteiger partial charge in [-0.25, -0.2) is 4.79 Å². The molecule has 0 aromatic carbocycles. The maximum absolute atomic E-state index is 10.7. The minimum absolute atomic E-state index is 0.338. The normalized spacial score (nSPS) is 25.2. The molecule has 0 bridgehead atoms. The fourth-order valence-electron chi connectivity index (χ4n) is 1.91. The fourth-order valence-corrected chi connectivity index (χ4v) is 1.91. The van der Waals surface area contributed by atoms with Crippen LogP contribution in [0.4, 0.5) is 4.79 Å². The average molecular weight is 186 g/mol. The third-order valence-corrected chi connectivity index (χ3v) is 2.61. The highest BCUT2D eigenvalue weighted by atomic mass is 16.4. The second-order valence-corrected chi connectivity index (χ2v) is 3.91. The molecule has 0 saturated carbocycles. The number of hydrogen-bond acceptors (Lipinski definition) is 2. The maximum atomic E-state index is 10.7. The van der Waals surface area contributed by atoms with Gasteiger partial charge in [-0.2, -0.15) is 0 Å². The summed E-state index contributed by atoms with van der Waals surface area (Å²) in [5, 5.41) is 8.79. The van der Waals surface area contributed by atoms with Crippen molar-refractivity contribution in [2.24, 2.45) is 0 Å². The van der Waals surface area contributed by atoms with E-state index in [-0.39, 0.29) is 0 Å². The smallest absolute Gasteiger partial charge is 0.407 e. The summed E-state index contributed by atoms with van der Waals surface area (Å²) in [6.45, 7) is 8.49. The number of carbonyl (C=O) groups is 1. The van der Waals surface area contributed by atoms with Crippen LogP contribution in [0.5, 0.6) is 0 Å². The molecule has 0 aromatic rings. The van der Waals surface area contributed by atoms with Crippen molar-refractivity contribution in [2.75, 3.05) is 19.6 Å². The number of piperazine rings is 1. The number of hydrogen-bond donors (Lipinski definition) is 1. The van der Waals surface area contributed by atoms with Crippen LogP contribution in [-0.2, 0) is 0 Å². The Morgan fingerprint density at radius 3 is 2.46 bits per heavy atom. The molecule has 1 unspecified atom stereocenters. The molecule has 0 aliphatic carbocycles. The minimum atomic E-state index is -0.796. The summed E-state index contributed by atoms with van der Waals surface area (Å²) in [5.74, 6) is 0. The summed E-state index contributed by atoms with van der Waals surface area (Å²) in [7, 11) is 0. The van der Waals surface area contributed by atoms with Crippen molar-refractivity contribution in [2.45, 2.75) is 32.9 Å². The van der Waals surface area contributed by atoms with E-state index in [1.54, 1.807) is 0 Å². The van der Waals surface area contributed by atoms with Gasteiger partial charge in [0.1, 0.15) is 0 Å². The van der Waals surface area contributed by atoms with E-state index in [0.717, 1.165) is 6.54 Å². The van der Waals surface area contributed by atoms with Gasteiger partial charge in [0.2, 0.25) is 0 Å². The lowest BCUT2D eigenvalue weighted by atomic mass is 10.1. The zero-order valence-electron chi connectivity index (χ0n) is 8.53. The Bertz CT molecular complexity index is 194. The van der Waals surface area contributed by atoms with Crippen LogP contribution in [0, 0.1) is 0 Å². The highest BCUT2D eigenvalue weighted by Crippen LogP contribution is 2.12. The zero-order chi connectivity index (χ0) is 10.0. The Kier molecular flexibility index (Phi) is 3.14. The van der Waals surface area contributed by atoms with Gasteiger partial charge in [-0.1, -0.05) is 0 Å². The summed E-state index contributed by atoms with van der Waals surface area (Å²) in [5.41, 5.74) is 0. The summed E-state index contributed by atoms with van der Waals surface area (Å²) in [4.78, 5) is 14.5. The lowest BCUT2D eigenvalue weighted by Gasteiger charge is -2.40. The predicted molar refractivity (Wildman–Crippen MR) is 50.9 cm³/mol. The predicted octanol–water partition coefficient (Wildman–Crippen LogP) is 1.08. The Hall–Kier alpha value is -0.770. The van der Waals surface area contributed by atoms with Crippen molar-refractivity contribution in [1.82, 2.24) is 9.80 Å². The van der Waals surface area contributed by atoms with E-state index in [0.29, 0.717) is 25.2 Å². The van der Waals surface area contributed by atoms with Crippen LogP contribution < -0.4 is 0 Å². The lowest BCUT2D eigenvalue weighted by Crippen LogP contribution is -2.55. The van der Waals surface area contributed by atoms with Gasteiger partial charge < -0.3 is 10.0 Å². The van der Waals surface area contributed by atoms with E-state index in [2.05, 4.69) is 25.7 Å². The molecule has 1 rings (SSSR count). The van der Waals surface area contributed by atoms with Gasteiger partial charge in [0.15, 0.2) is 0 Å². The van der Waals surface area contributed by atoms with Gasteiger partial charge in [-0.05, 0) is 20.8 Å². The quantitative estimate of drug-likeness (QED) is 0.666. The molecule has 4 nitrogen and oxygen atoms in total. The molecule has 1 heterocycles. The molecular formula is C9H18N2O2. The second kappa shape index (κ2) is 3.96. The topological polar surface area (TPSA) is 43.8 Å². The lowest BCUT2D eigenvalue weighted by molar-refractivity contribution is 0.0579. The van der Waals surface area contributed by atoms with Gasteiger partial charge in [-0.3, -0.25) is 4.90 Å². The molecule has 1 atom stereocenters. The Morgan fingerprint density at radius 1 is 1.46 bits per heavy atom. The Balaban J connectivity index is 2.51. The second-order valence-electron chi connectivity index (χ2n) is 3.91. The van der Waals surface area contributed by atoms with Gasteiger partial charge in [0.25, 0.3) is 0 Å². The molecular weight excluding hydrogens is 168 g/mol. The largest absolute Gasteiger partial charge is 0.465 e. The molecule has 1 saturated heterocycles. The first-order valence-corrected chi connectivity index (χ1v) is 4.76. The standard InChI is InChI=1S/C9H18N2O2/c1-7(2)11-5-4-10(9(12)13)6-8(11)3/h7-8H,4-6H2,1-3H3,(H,12,13). The zero-order valence-corrected chi connectivity index (χ0v) is 8.53. The van der Waals surface area contributed by atoms with Gasteiger partial charge in [0, 0.05) is 31.7 Å². The van der Waals surface area contributed by atoms with Crippen LogP contribution >= 0.6 is 0 Å². The van der Waals surface area contributed by atoms with E-state index in [4.69, 9.17) is 5.11 Å². The van der Waals surface area contributed by atoms with Crippen LogP contribution in [-0.4, -0.2) is 52.7 Å². The molecule has 13 heavy (non-hydrogen) atoms. The van der Waals surface area contributed by atoms with E-state index >= 15 is 0 Å².